The van der Waals surface area contributed by atoms with Crippen LogP contribution >= 0.6 is 22.9 Å². The molecule has 8 nitrogen and oxygen atoms in total. The van der Waals surface area contributed by atoms with Gasteiger partial charge in [0.15, 0.2) is 10.8 Å². The first-order valence-corrected chi connectivity index (χ1v) is 14.2. The van der Waals surface area contributed by atoms with Gasteiger partial charge in [-0.05, 0) is 43.5 Å². The fourth-order valence-corrected chi connectivity index (χ4v) is 6.60. The Morgan fingerprint density at radius 3 is 2.80 bits per heavy atom. The van der Waals surface area contributed by atoms with E-state index in [0.29, 0.717) is 51.2 Å². The van der Waals surface area contributed by atoms with Crippen LogP contribution in [0.2, 0.25) is 5.02 Å². The summed E-state index contributed by atoms with van der Waals surface area (Å²) in [6, 6.07) is 4.98. The zero-order valence-electron chi connectivity index (χ0n) is 21.4. The number of hydrogen-bond donors (Lipinski definition) is 1. The second-order valence-electron chi connectivity index (χ2n) is 10.2. The summed E-state index contributed by atoms with van der Waals surface area (Å²) in [7, 11) is 1.41. The summed E-state index contributed by atoms with van der Waals surface area (Å²) in [6.07, 6.45) is 5.09. The van der Waals surface area contributed by atoms with Gasteiger partial charge in [-0.15, -0.1) is 11.3 Å². The number of methoxy groups -OCH3 is 1. The number of carbonyl (C=O) groups is 1. The number of thiazole rings is 1. The first-order valence-electron chi connectivity index (χ1n) is 12.9. The lowest BCUT2D eigenvalue weighted by Gasteiger charge is -2.34. The highest BCUT2D eigenvalue weighted by Gasteiger charge is 2.42. The van der Waals surface area contributed by atoms with Crippen LogP contribution in [0, 0.1) is 17.7 Å². The molecular formula is C27H26ClF3N6O2S. The van der Waals surface area contributed by atoms with Crippen LogP contribution in [0.25, 0.3) is 5.57 Å². The van der Waals surface area contributed by atoms with Crippen molar-refractivity contribution in [2.45, 2.75) is 37.9 Å². The minimum atomic E-state index is -2.80. The van der Waals surface area contributed by atoms with Crippen LogP contribution in [0.15, 0.2) is 52.7 Å². The first-order chi connectivity index (χ1) is 19.3. The molecule has 13 heteroatoms. The molecule has 2 atom stereocenters. The molecule has 1 aromatic carbocycles. The maximum atomic E-state index is 14.0. The summed E-state index contributed by atoms with van der Waals surface area (Å²) in [4.78, 5) is 23.4. The Kier molecular flexibility index (Phi) is 7.41. The van der Waals surface area contributed by atoms with Gasteiger partial charge in [0.25, 0.3) is 0 Å². The van der Waals surface area contributed by atoms with Gasteiger partial charge >= 0.3 is 12.5 Å². The lowest BCUT2D eigenvalue weighted by molar-refractivity contribution is -0.150. The number of carbonyl (C=O) groups excluding carboxylic acids is 1. The van der Waals surface area contributed by atoms with Gasteiger partial charge in [-0.3, -0.25) is 9.79 Å². The molecule has 4 heterocycles. The number of amidine groups is 1. The molecule has 210 valence electrons. The third-order valence-corrected chi connectivity index (χ3v) is 8.79. The number of nitrogens with zero attached hydrogens (tertiary/aromatic N) is 5. The second kappa shape index (κ2) is 11.0. The molecule has 0 bridgehead atoms. The SMILES string of the molecule is COC(=O)C1CC(CN[C@H]2CC3=C(c4ccn(C(F)F)n4)[C@H](c4ccc(F)cc4Cl)N=C(c4nccs4)N3C2)C1. The molecule has 40 heavy (non-hydrogen) atoms. The van der Waals surface area contributed by atoms with Crippen LogP contribution in [-0.2, 0) is 9.53 Å². The van der Waals surface area contributed by atoms with E-state index >= 15 is 0 Å². The van der Waals surface area contributed by atoms with E-state index in [-0.39, 0.29) is 23.0 Å². The molecule has 3 aromatic rings. The van der Waals surface area contributed by atoms with Crippen molar-refractivity contribution in [2.24, 2.45) is 16.8 Å². The van der Waals surface area contributed by atoms with Gasteiger partial charge in [-0.25, -0.2) is 14.1 Å². The lowest BCUT2D eigenvalue weighted by atomic mass is 9.75. The molecule has 0 radical (unpaired) electrons. The average molecular weight is 591 g/mol. The van der Waals surface area contributed by atoms with E-state index in [9.17, 15) is 18.0 Å². The van der Waals surface area contributed by atoms with E-state index in [1.165, 1.54) is 36.8 Å². The van der Waals surface area contributed by atoms with Crippen LogP contribution in [0.4, 0.5) is 13.2 Å². The van der Waals surface area contributed by atoms with Gasteiger partial charge in [-0.2, -0.15) is 13.9 Å². The zero-order valence-corrected chi connectivity index (χ0v) is 23.0. The van der Waals surface area contributed by atoms with Gasteiger partial charge in [0, 0.05) is 58.6 Å². The fraction of sp³-hybridized carbons (Fsp3) is 0.407. The largest absolute Gasteiger partial charge is 0.469 e. The number of nitrogens with one attached hydrogen (secondary N) is 1. The quantitative estimate of drug-likeness (QED) is 0.358. The van der Waals surface area contributed by atoms with E-state index < -0.39 is 18.4 Å². The van der Waals surface area contributed by atoms with Gasteiger partial charge in [-0.1, -0.05) is 17.7 Å². The topological polar surface area (TPSA) is 84.6 Å². The Morgan fingerprint density at radius 2 is 2.12 bits per heavy atom. The number of aliphatic imine (C=N–C) groups is 1. The number of benzene rings is 1. The molecule has 3 aliphatic rings. The summed E-state index contributed by atoms with van der Waals surface area (Å²) in [5.74, 6) is 0.320. The van der Waals surface area contributed by atoms with Crippen molar-refractivity contribution in [1.29, 1.82) is 0 Å². The number of esters is 1. The standard InChI is InChI=1S/C27H26ClF3N6O2S/c1-39-26(38)15-8-14(9-15)12-33-17-11-21-22(20-4-6-37(35-20)27(30)31)23(18-3-2-16(29)10-19(18)28)34-24(36(21)13-17)25-32-5-7-40-25/h2-7,10,14-15,17,23,27,33H,8-9,11-13H2,1H3/t14?,15?,17-,23-/m0/s1. The molecule has 6 rings (SSSR count). The predicted molar refractivity (Wildman–Crippen MR) is 145 cm³/mol. The smallest absolute Gasteiger partial charge is 0.333 e. The Morgan fingerprint density at radius 1 is 1.30 bits per heavy atom. The Hall–Kier alpha value is -3.22. The molecule has 2 aliphatic heterocycles. The zero-order chi connectivity index (χ0) is 28.0. The molecule has 0 spiro atoms. The van der Waals surface area contributed by atoms with Crippen molar-refractivity contribution in [1.82, 2.24) is 25.0 Å². The predicted octanol–water partition coefficient (Wildman–Crippen LogP) is 5.30. The lowest BCUT2D eigenvalue weighted by Crippen LogP contribution is -2.42. The third-order valence-electron chi connectivity index (χ3n) is 7.69. The first kappa shape index (κ1) is 27.0. The van der Waals surface area contributed by atoms with Crippen LogP contribution < -0.4 is 5.32 Å². The summed E-state index contributed by atoms with van der Waals surface area (Å²) in [5.41, 5.74) is 2.43. The van der Waals surface area contributed by atoms with E-state index in [4.69, 9.17) is 21.3 Å². The van der Waals surface area contributed by atoms with Crippen LogP contribution in [-0.4, -0.2) is 57.7 Å². The van der Waals surface area contributed by atoms with Crippen molar-refractivity contribution >= 4 is 40.3 Å². The van der Waals surface area contributed by atoms with Crippen LogP contribution in [0.5, 0.6) is 0 Å². The van der Waals surface area contributed by atoms with Crippen molar-refractivity contribution in [3.8, 4) is 0 Å². The van der Waals surface area contributed by atoms with Crippen LogP contribution in [0.1, 0.15) is 48.1 Å². The van der Waals surface area contributed by atoms with Gasteiger partial charge in [0.2, 0.25) is 0 Å². The fourth-order valence-electron chi connectivity index (χ4n) is 5.69. The third kappa shape index (κ3) is 5.04. The van der Waals surface area contributed by atoms with Gasteiger partial charge in [0.05, 0.1) is 18.7 Å². The minimum Gasteiger partial charge on any atom is -0.469 e. The van der Waals surface area contributed by atoms with Crippen molar-refractivity contribution in [2.75, 3.05) is 20.2 Å². The number of hydrogen-bond acceptors (Lipinski definition) is 8. The minimum absolute atomic E-state index is 0.0342. The highest BCUT2D eigenvalue weighted by molar-refractivity contribution is 7.11. The number of ether oxygens (including phenoxy) is 1. The van der Waals surface area contributed by atoms with Crippen molar-refractivity contribution < 1.29 is 22.7 Å². The van der Waals surface area contributed by atoms with E-state index in [1.54, 1.807) is 18.3 Å². The Bertz CT molecular complexity index is 1470. The Balaban J connectivity index is 1.37. The summed E-state index contributed by atoms with van der Waals surface area (Å²) < 4.78 is 46.5. The highest BCUT2D eigenvalue weighted by atomic mass is 35.5. The summed E-state index contributed by atoms with van der Waals surface area (Å²) in [6.45, 7) is -1.47. The van der Waals surface area contributed by atoms with E-state index in [0.717, 1.165) is 25.1 Å². The highest BCUT2D eigenvalue weighted by Crippen LogP contribution is 2.46. The monoisotopic (exact) mass is 590 g/mol. The normalized spacial score (nSPS) is 24.2. The maximum Gasteiger partial charge on any atom is 0.333 e. The average Bonchev–Trinajstić information content (AvgIpc) is 3.68. The van der Waals surface area contributed by atoms with Gasteiger partial charge in [0.1, 0.15) is 11.9 Å². The number of fused-ring (bicyclic) bond motifs is 1. The molecule has 1 N–H and O–H groups in total. The Labute approximate surface area is 237 Å². The van der Waals surface area contributed by atoms with Crippen LogP contribution in [0.3, 0.4) is 0 Å². The molecule has 1 saturated carbocycles. The molecule has 1 saturated heterocycles. The van der Waals surface area contributed by atoms with Crippen molar-refractivity contribution in [3.63, 3.8) is 0 Å². The molecule has 1 aliphatic carbocycles. The van der Waals surface area contributed by atoms with E-state index in [1.807, 2.05) is 5.38 Å². The van der Waals surface area contributed by atoms with Gasteiger partial charge < -0.3 is 15.0 Å². The molecular weight excluding hydrogens is 565 g/mol. The maximum absolute atomic E-state index is 14.0. The number of rotatable bonds is 8. The second-order valence-corrected chi connectivity index (χ2v) is 11.5. The summed E-state index contributed by atoms with van der Waals surface area (Å²) in [5, 5.41) is 10.6. The summed E-state index contributed by atoms with van der Waals surface area (Å²) >= 11 is 7.96. The number of alkyl halides is 2. The number of halogens is 4. The van der Waals surface area contributed by atoms with Crippen molar-refractivity contribution in [3.05, 3.63) is 74.8 Å². The molecule has 0 amide bonds. The molecule has 2 aromatic heterocycles. The molecule has 0 unspecified atom stereocenters. The molecule has 2 fully saturated rings. The van der Waals surface area contributed by atoms with E-state index in [2.05, 4.69) is 20.3 Å². The number of aromatic nitrogens is 3.